The zero-order valence-electron chi connectivity index (χ0n) is 16.5. The van der Waals surface area contributed by atoms with Crippen LogP contribution >= 0.6 is 0 Å². The summed E-state index contributed by atoms with van der Waals surface area (Å²) in [5.41, 5.74) is 0.649. The molecule has 0 aliphatic carbocycles. The molecule has 0 radical (unpaired) electrons. The molecule has 0 spiro atoms. The second-order valence-electron chi connectivity index (χ2n) is 7.07. The second kappa shape index (κ2) is 10.3. The molecule has 7 heteroatoms. The lowest BCUT2D eigenvalue weighted by Crippen LogP contribution is -2.46. The fourth-order valence-corrected chi connectivity index (χ4v) is 3.36. The molecule has 27 heavy (non-hydrogen) atoms. The molecule has 1 fully saturated rings. The van der Waals surface area contributed by atoms with E-state index in [9.17, 15) is 14.0 Å². The van der Waals surface area contributed by atoms with Gasteiger partial charge in [-0.05, 0) is 63.7 Å². The van der Waals surface area contributed by atoms with Crippen molar-refractivity contribution in [1.82, 2.24) is 15.5 Å². The molecule has 1 heterocycles. The zero-order chi connectivity index (χ0) is 19.8. The molecule has 1 aliphatic rings. The van der Waals surface area contributed by atoms with Gasteiger partial charge in [0.15, 0.2) is 0 Å². The quantitative estimate of drug-likeness (QED) is 0.694. The van der Waals surface area contributed by atoms with Crippen LogP contribution in [0.2, 0.25) is 0 Å². The Labute approximate surface area is 161 Å². The van der Waals surface area contributed by atoms with E-state index in [1.807, 2.05) is 6.92 Å². The molecule has 3 amide bonds. The number of amides is 3. The van der Waals surface area contributed by atoms with Crippen LogP contribution in [0.25, 0.3) is 0 Å². The lowest BCUT2D eigenvalue weighted by atomic mass is 10.2. The van der Waals surface area contributed by atoms with Crippen LogP contribution in [0.15, 0.2) is 24.3 Å². The maximum absolute atomic E-state index is 13.0. The van der Waals surface area contributed by atoms with Crippen LogP contribution in [0, 0.1) is 5.82 Å². The van der Waals surface area contributed by atoms with Gasteiger partial charge in [0, 0.05) is 24.7 Å². The van der Waals surface area contributed by atoms with E-state index in [1.165, 1.54) is 12.1 Å². The van der Waals surface area contributed by atoms with Gasteiger partial charge >= 0.3 is 6.03 Å². The van der Waals surface area contributed by atoms with Crippen molar-refractivity contribution in [3.63, 3.8) is 0 Å². The topological polar surface area (TPSA) is 64.7 Å². The maximum Gasteiger partial charge on any atom is 0.315 e. The smallest absolute Gasteiger partial charge is 0.315 e. The second-order valence-corrected chi connectivity index (χ2v) is 7.07. The summed E-state index contributed by atoms with van der Waals surface area (Å²) in [5.74, 6) is -0.409. The molecule has 1 aliphatic heterocycles. The minimum absolute atomic E-state index is 0.0702. The van der Waals surface area contributed by atoms with Gasteiger partial charge in [-0.2, -0.15) is 0 Å². The van der Waals surface area contributed by atoms with Crippen LogP contribution in [-0.4, -0.2) is 55.1 Å². The van der Waals surface area contributed by atoms with Gasteiger partial charge in [0.1, 0.15) is 5.82 Å². The normalized spacial score (nSPS) is 18.0. The number of hydrogen-bond donors (Lipinski definition) is 2. The van der Waals surface area contributed by atoms with Gasteiger partial charge in [0.2, 0.25) is 5.91 Å². The molecule has 150 valence electrons. The Hall–Kier alpha value is -2.15. The highest BCUT2D eigenvalue weighted by Crippen LogP contribution is 2.21. The highest BCUT2D eigenvalue weighted by Gasteiger charge is 2.31. The third-order valence-corrected chi connectivity index (χ3v) is 4.98. The lowest BCUT2D eigenvalue weighted by molar-refractivity contribution is -0.117. The van der Waals surface area contributed by atoms with Crippen molar-refractivity contribution in [2.24, 2.45) is 0 Å². The van der Waals surface area contributed by atoms with E-state index >= 15 is 0 Å². The minimum atomic E-state index is -0.338. The Morgan fingerprint density at radius 1 is 1.30 bits per heavy atom. The van der Waals surface area contributed by atoms with Crippen LogP contribution < -0.4 is 15.5 Å². The van der Waals surface area contributed by atoms with Crippen LogP contribution in [0.5, 0.6) is 0 Å². The molecular weight excluding hydrogens is 347 g/mol. The number of carbonyl (C=O) groups is 2. The Morgan fingerprint density at radius 3 is 2.59 bits per heavy atom. The Morgan fingerprint density at radius 2 is 1.96 bits per heavy atom. The van der Waals surface area contributed by atoms with Crippen molar-refractivity contribution in [3.05, 3.63) is 30.1 Å². The van der Waals surface area contributed by atoms with Gasteiger partial charge < -0.3 is 20.4 Å². The molecule has 1 saturated heterocycles. The minimum Gasteiger partial charge on any atom is -0.336 e. The molecule has 2 N–H and O–H groups in total. The summed E-state index contributed by atoms with van der Waals surface area (Å²) in [5, 5.41) is 5.82. The van der Waals surface area contributed by atoms with Crippen molar-refractivity contribution in [1.29, 1.82) is 0 Å². The number of benzene rings is 1. The summed E-state index contributed by atoms with van der Waals surface area (Å²) in [6.07, 6.45) is 2.19. The van der Waals surface area contributed by atoms with Gasteiger partial charge in [-0.15, -0.1) is 0 Å². The molecule has 2 rings (SSSR count). The van der Waals surface area contributed by atoms with E-state index in [-0.39, 0.29) is 36.3 Å². The molecule has 1 aromatic carbocycles. The van der Waals surface area contributed by atoms with Crippen molar-refractivity contribution in [2.45, 2.75) is 52.1 Å². The molecule has 0 saturated carbocycles. The molecule has 1 aromatic rings. The molecule has 6 nitrogen and oxygen atoms in total. The summed E-state index contributed by atoms with van der Waals surface area (Å²) in [7, 11) is 0. The molecule has 0 bridgehead atoms. The first-order chi connectivity index (χ1) is 12.9. The molecule has 0 aromatic heterocycles. The number of nitrogens with zero attached hydrogens (tertiary/aromatic N) is 2. The maximum atomic E-state index is 13.0. The first-order valence-electron chi connectivity index (χ1n) is 9.78. The van der Waals surface area contributed by atoms with E-state index < -0.39 is 0 Å². The molecule has 2 unspecified atom stereocenters. The van der Waals surface area contributed by atoms with E-state index in [2.05, 4.69) is 29.4 Å². The number of hydrogen-bond acceptors (Lipinski definition) is 3. The number of anilines is 1. The number of nitrogens with one attached hydrogen (secondary N) is 2. The van der Waals surface area contributed by atoms with Crippen molar-refractivity contribution in [2.75, 3.05) is 31.1 Å². The lowest BCUT2D eigenvalue weighted by Gasteiger charge is -2.21. The van der Waals surface area contributed by atoms with E-state index in [4.69, 9.17) is 0 Å². The third-order valence-electron chi connectivity index (χ3n) is 4.98. The first kappa shape index (κ1) is 21.2. The average Bonchev–Trinajstić information content (AvgIpc) is 2.99. The number of carbonyl (C=O) groups excluding carboxylic acids is 2. The van der Waals surface area contributed by atoms with Gasteiger partial charge in [0.25, 0.3) is 0 Å². The Kier molecular flexibility index (Phi) is 8.03. The fourth-order valence-electron chi connectivity index (χ4n) is 3.36. The largest absolute Gasteiger partial charge is 0.336 e. The first-order valence-corrected chi connectivity index (χ1v) is 9.78. The standard InChI is InChI=1S/C20H31FN4O2/c1-4-24(5-2)12-6-7-15(3)22-20(27)23-17-13-19(26)25(14-17)18-10-8-16(21)9-11-18/h8-11,15,17H,4-7,12-14H2,1-3H3,(H2,22,23,27). The zero-order valence-corrected chi connectivity index (χ0v) is 16.5. The Balaban J connectivity index is 1.74. The molecule has 2 atom stereocenters. The highest BCUT2D eigenvalue weighted by atomic mass is 19.1. The summed E-state index contributed by atoms with van der Waals surface area (Å²) in [4.78, 5) is 28.3. The van der Waals surface area contributed by atoms with Gasteiger partial charge in [0.05, 0.1) is 6.04 Å². The number of urea groups is 1. The SMILES string of the molecule is CCN(CC)CCCC(C)NC(=O)NC1CC(=O)N(c2ccc(F)cc2)C1. The fraction of sp³-hybridized carbons (Fsp3) is 0.600. The number of rotatable bonds is 9. The highest BCUT2D eigenvalue weighted by molar-refractivity contribution is 5.96. The predicted octanol–water partition coefficient (Wildman–Crippen LogP) is 2.74. The summed E-state index contributed by atoms with van der Waals surface area (Å²) in [6, 6.07) is 5.40. The van der Waals surface area contributed by atoms with Crippen molar-refractivity contribution < 1.29 is 14.0 Å². The van der Waals surface area contributed by atoms with Crippen LogP contribution in [0.4, 0.5) is 14.9 Å². The predicted molar refractivity (Wildman–Crippen MR) is 105 cm³/mol. The average molecular weight is 378 g/mol. The summed E-state index contributed by atoms with van der Waals surface area (Å²) in [6.45, 7) is 9.80. The monoisotopic (exact) mass is 378 g/mol. The summed E-state index contributed by atoms with van der Waals surface area (Å²) < 4.78 is 13.0. The van der Waals surface area contributed by atoms with E-state index in [0.717, 1.165) is 32.5 Å². The van der Waals surface area contributed by atoms with Crippen LogP contribution in [-0.2, 0) is 4.79 Å². The van der Waals surface area contributed by atoms with E-state index in [1.54, 1.807) is 17.0 Å². The summed E-state index contributed by atoms with van der Waals surface area (Å²) >= 11 is 0. The van der Waals surface area contributed by atoms with Gasteiger partial charge in [-0.25, -0.2) is 9.18 Å². The van der Waals surface area contributed by atoms with Crippen LogP contribution in [0.3, 0.4) is 0 Å². The van der Waals surface area contributed by atoms with Gasteiger partial charge in [-0.1, -0.05) is 13.8 Å². The van der Waals surface area contributed by atoms with Crippen molar-refractivity contribution >= 4 is 17.6 Å². The van der Waals surface area contributed by atoms with Crippen molar-refractivity contribution in [3.8, 4) is 0 Å². The Bertz CT molecular complexity index is 619. The van der Waals surface area contributed by atoms with Crippen LogP contribution in [0.1, 0.15) is 40.0 Å². The van der Waals surface area contributed by atoms with E-state index in [0.29, 0.717) is 12.2 Å². The molecular formula is C20H31FN4O2. The van der Waals surface area contributed by atoms with Gasteiger partial charge in [-0.3, -0.25) is 4.79 Å². The number of halogens is 1. The third kappa shape index (κ3) is 6.50.